The summed E-state index contributed by atoms with van der Waals surface area (Å²) in [6.45, 7) is 5.04. The summed E-state index contributed by atoms with van der Waals surface area (Å²) in [7, 11) is -3.84. The van der Waals surface area contributed by atoms with Crippen LogP contribution in [0.25, 0.3) is 0 Å². The number of hydrogen-bond donors (Lipinski definition) is 3. The predicted octanol–water partition coefficient (Wildman–Crippen LogP) is 1.38. The van der Waals surface area contributed by atoms with E-state index in [0.29, 0.717) is 6.42 Å². The highest BCUT2D eigenvalue weighted by atomic mass is 32.2. The summed E-state index contributed by atoms with van der Waals surface area (Å²) >= 11 is 0. The maximum absolute atomic E-state index is 12.4. The number of carbonyl (C=O) groups is 1. The lowest BCUT2D eigenvalue weighted by atomic mass is 10.0. The number of sulfonamides is 1. The Bertz CT molecular complexity index is 610. The highest BCUT2D eigenvalue weighted by Crippen LogP contribution is 2.20. The van der Waals surface area contributed by atoms with Crippen LogP contribution < -0.4 is 4.72 Å². The summed E-state index contributed by atoms with van der Waals surface area (Å²) in [6, 6.07) is 3.74. The van der Waals surface area contributed by atoms with Crippen LogP contribution in [-0.2, 0) is 10.0 Å². The Morgan fingerprint density at radius 1 is 1.33 bits per heavy atom. The molecule has 0 aromatic heterocycles. The van der Waals surface area contributed by atoms with Crippen molar-refractivity contribution in [1.82, 2.24) is 4.72 Å². The van der Waals surface area contributed by atoms with Gasteiger partial charge in [0.25, 0.3) is 0 Å². The predicted molar refractivity (Wildman–Crippen MR) is 78.8 cm³/mol. The second kappa shape index (κ2) is 7.02. The lowest BCUT2D eigenvalue weighted by Gasteiger charge is -2.22. The second-order valence-electron chi connectivity index (χ2n) is 5.22. The second-order valence-corrected chi connectivity index (χ2v) is 6.90. The van der Waals surface area contributed by atoms with Crippen molar-refractivity contribution < 1.29 is 23.4 Å². The zero-order chi connectivity index (χ0) is 16.2. The topological polar surface area (TPSA) is 104 Å². The molecule has 0 saturated carbocycles. The van der Waals surface area contributed by atoms with Crippen molar-refractivity contribution in [2.24, 2.45) is 5.92 Å². The Kier molecular flexibility index (Phi) is 5.88. The molecule has 1 aromatic carbocycles. The normalized spacial score (nSPS) is 13.4. The van der Waals surface area contributed by atoms with Crippen molar-refractivity contribution in [3.05, 3.63) is 29.3 Å². The van der Waals surface area contributed by atoms with Gasteiger partial charge in [0.15, 0.2) is 0 Å². The quantitative estimate of drug-likeness (QED) is 0.705. The standard InChI is InChI=1S/C14H21NO5S/c1-9(2)12(7-8-16)15-21(19,20)13-6-4-5-11(10(13)3)14(17)18/h4-6,9,12,15-16H,7-8H2,1-3H3,(H,17,18). The average molecular weight is 315 g/mol. The highest BCUT2D eigenvalue weighted by molar-refractivity contribution is 7.89. The first-order chi connectivity index (χ1) is 9.70. The van der Waals surface area contributed by atoms with E-state index in [-0.39, 0.29) is 28.5 Å². The molecule has 3 N–H and O–H groups in total. The van der Waals surface area contributed by atoms with Crippen LogP contribution in [0.4, 0.5) is 0 Å². The van der Waals surface area contributed by atoms with E-state index in [1.807, 2.05) is 13.8 Å². The highest BCUT2D eigenvalue weighted by Gasteiger charge is 2.25. The Morgan fingerprint density at radius 2 is 1.95 bits per heavy atom. The molecule has 0 aliphatic rings. The van der Waals surface area contributed by atoms with Crippen molar-refractivity contribution in [3.8, 4) is 0 Å². The van der Waals surface area contributed by atoms with Gasteiger partial charge >= 0.3 is 5.97 Å². The first-order valence-corrected chi connectivity index (χ1v) is 8.15. The van der Waals surface area contributed by atoms with Gasteiger partial charge in [-0.3, -0.25) is 0 Å². The van der Waals surface area contributed by atoms with Crippen LogP contribution in [0.2, 0.25) is 0 Å². The molecule has 1 unspecified atom stereocenters. The summed E-state index contributed by atoms with van der Waals surface area (Å²) < 4.78 is 27.4. The van der Waals surface area contributed by atoms with Gasteiger partial charge in [-0.2, -0.15) is 0 Å². The number of aromatic carboxylic acids is 1. The monoisotopic (exact) mass is 315 g/mol. The van der Waals surface area contributed by atoms with Gasteiger partial charge < -0.3 is 10.2 Å². The van der Waals surface area contributed by atoms with Gasteiger partial charge in [-0.05, 0) is 37.0 Å². The fourth-order valence-corrected chi connectivity index (χ4v) is 3.75. The fourth-order valence-electron chi connectivity index (χ4n) is 2.07. The Balaban J connectivity index is 3.19. The Labute approximate surface area is 124 Å². The van der Waals surface area contributed by atoms with E-state index in [0.717, 1.165) is 0 Å². The van der Waals surface area contributed by atoms with Gasteiger partial charge in [0.1, 0.15) is 0 Å². The van der Waals surface area contributed by atoms with E-state index >= 15 is 0 Å². The van der Waals surface area contributed by atoms with Crippen LogP contribution in [-0.4, -0.2) is 37.2 Å². The smallest absolute Gasteiger partial charge is 0.335 e. The lowest BCUT2D eigenvalue weighted by Crippen LogP contribution is -2.39. The number of hydrogen-bond acceptors (Lipinski definition) is 4. The molecule has 0 spiro atoms. The number of aliphatic hydroxyl groups is 1. The zero-order valence-corrected chi connectivity index (χ0v) is 13.1. The number of carboxylic acid groups (broad SMARTS) is 1. The summed E-state index contributed by atoms with van der Waals surface area (Å²) in [5.41, 5.74) is 0.158. The minimum absolute atomic E-state index is 0.00916. The average Bonchev–Trinajstić information content (AvgIpc) is 2.37. The van der Waals surface area contributed by atoms with Crippen LogP contribution in [0.3, 0.4) is 0 Å². The molecular formula is C14H21NO5S. The largest absolute Gasteiger partial charge is 0.478 e. The van der Waals surface area contributed by atoms with Crippen molar-refractivity contribution in [1.29, 1.82) is 0 Å². The van der Waals surface area contributed by atoms with Gasteiger partial charge in [-0.1, -0.05) is 19.9 Å². The molecule has 0 amide bonds. The summed E-state index contributed by atoms with van der Waals surface area (Å²) in [6.07, 6.45) is 0.300. The molecular weight excluding hydrogens is 294 g/mol. The maximum Gasteiger partial charge on any atom is 0.335 e. The molecule has 21 heavy (non-hydrogen) atoms. The summed E-state index contributed by atoms with van der Waals surface area (Å²) in [4.78, 5) is 11.0. The molecule has 0 radical (unpaired) electrons. The van der Waals surface area contributed by atoms with Crippen LogP contribution >= 0.6 is 0 Å². The number of nitrogens with one attached hydrogen (secondary N) is 1. The van der Waals surface area contributed by atoms with E-state index in [4.69, 9.17) is 10.2 Å². The van der Waals surface area contributed by atoms with E-state index in [1.165, 1.54) is 25.1 Å². The molecule has 0 aliphatic carbocycles. The van der Waals surface area contributed by atoms with Gasteiger partial charge in [0, 0.05) is 12.6 Å². The molecule has 1 atom stereocenters. The number of rotatable bonds is 7. The number of aliphatic hydroxyl groups excluding tert-OH is 1. The van der Waals surface area contributed by atoms with Crippen LogP contribution in [0.5, 0.6) is 0 Å². The first kappa shape index (κ1) is 17.6. The molecule has 0 heterocycles. The lowest BCUT2D eigenvalue weighted by molar-refractivity contribution is 0.0696. The molecule has 1 aromatic rings. The summed E-state index contributed by atoms with van der Waals surface area (Å²) in [5, 5.41) is 18.1. The molecule has 0 saturated heterocycles. The molecule has 0 aliphatic heterocycles. The third-order valence-electron chi connectivity index (χ3n) is 3.36. The Hall–Kier alpha value is -1.44. The molecule has 118 valence electrons. The molecule has 6 nitrogen and oxygen atoms in total. The van der Waals surface area contributed by atoms with Crippen molar-refractivity contribution in [2.75, 3.05) is 6.61 Å². The number of carboxylic acids is 1. The molecule has 0 bridgehead atoms. The van der Waals surface area contributed by atoms with Gasteiger partial charge in [0.2, 0.25) is 10.0 Å². The van der Waals surface area contributed by atoms with Crippen LogP contribution in [0, 0.1) is 12.8 Å². The van der Waals surface area contributed by atoms with E-state index in [2.05, 4.69) is 4.72 Å². The fraction of sp³-hybridized carbons (Fsp3) is 0.500. The van der Waals surface area contributed by atoms with Gasteiger partial charge in [0.05, 0.1) is 10.5 Å². The maximum atomic E-state index is 12.4. The van der Waals surface area contributed by atoms with Gasteiger partial charge in [-0.25, -0.2) is 17.9 Å². The minimum atomic E-state index is -3.84. The van der Waals surface area contributed by atoms with E-state index in [1.54, 1.807) is 0 Å². The summed E-state index contributed by atoms with van der Waals surface area (Å²) in [5.74, 6) is -1.16. The molecule has 0 fully saturated rings. The number of benzene rings is 1. The third kappa shape index (κ3) is 4.26. The zero-order valence-electron chi connectivity index (χ0n) is 12.3. The van der Waals surface area contributed by atoms with Crippen molar-refractivity contribution >= 4 is 16.0 Å². The Morgan fingerprint density at radius 3 is 2.43 bits per heavy atom. The van der Waals surface area contributed by atoms with Gasteiger partial charge in [-0.15, -0.1) is 0 Å². The van der Waals surface area contributed by atoms with Crippen LogP contribution in [0.15, 0.2) is 23.1 Å². The third-order valence-corrected chi connectivity index (χ3v) is 4.99. The van der Waals surface area contributed by atoms with Crippen LogP contribution in [0.1, 0.15) is 36.2 Å². The van der Waals surface area contributed by atoms with E-state index in [9.17, 15) is 13.2 Å². The molecule has 7 heteroatoms. The molecule has 1 rings (SSSR count). The van der Waals surface area contributed by atoms with E-state index < -0.39 is 22.0 Å². The van der Waals surface area contributed by atoms with Crippen molar-refractivity contribution in [2.45, 2.75) is 38.1 Å². The minimum Gasteiger partial charge on any atom is -0.478 e. The van der Waals surface area contributed by atoms with Crippen molar-refractivity contribution in [3.63, 3.8) is 0 Å². The first-order valence-electron chi connectivity index (χ1n) is 6.66. The SMILES string of the molecule is Cc1c(C(=O)O)cccc1S(=O)(=O)NC(CCO)C(C)C.